The molecular weight excluding hydrogens is 576 g/mol. The van der Waals surface area contributed by atoms with Gasteiger partial charge in [-0.25, -0.2) is 13.9 Å². The smallest absolute Gasteiger partial charge is 0.396 e. The van der Waals surface area contributed by atoms with Crippen molar-refractivity contribution in [3.8, 4) is 0 Å². The lowest BCUT2D eigenvalue weighted by Gasteiger charge is -2.42. The highest BCUT2D eigenvalue weighted by Crippen LogP contribution is 2.61. The Morgan fingerprint density at radius 1 is 1.13 bits per heavy atom. The molecule has 11 atom stereocenters. The van der Waals surface area contributed by atoms with Crippen LogP contribution in [0.15, 0.2) is 21.9 Å². The zero-order valence-electron chi connectivity index (χ0n) is 20.1. The maximum absolute atomic E-state index is 12.5. The predicted octanol–water partition coefficient (Wildman–Crippen LogP) is -3.99. The van der Waals surface area contributed by atoms with Crippen molar-refractivity contribution < 1.29 is 67.3 Å². The maximum atomic E-state index is 12.5. The van der Waals surface area contributed by atoms with Crippen LogP contribution in [0.3, 0.4) is 0 Å². The van der Waals surface area contributed by atoms with Gasteiger partial charge in [-0.1, -0.05) is 0 Å². The summed E-state index contributed by atoms with van der Waals surface area (Å²) in [4.78, 5) is 56.6. The highest BCUT2D eigenvalue weighted by Gasteiger charge is 2.49. The molecule has 1 saturated carbocycles. The Labute approximate surface area is 218 Å². The molecule has 0 radical (unpaired) electrons. The van der Waals surface area contributed by atoms with Gasteiger partial charge in [-0.05, 0) is 6.42 Å². The van der Waals surface area contributed by atoms with E-state index in [0.717, 1.165) is 23.8 Å². The van der Waals surface area contributed by atoms with Crippen LogP contribution in [0.2, 0.25) is 0 Å². The summed E-state index contributed by atoms with van der Waals surface area (Å²) < 4.78 is 44.6. The van der Waals surface area contributed by atoms with Gasteiger partial charge < -0.3 is 45.4 Å². The molecule has 1 aliphatic carbocycles. The molecule has 222 valence electrons. The molecule has 1 saturated heterocycles. The van der Waals surface area contributed by atoms with Crippen LogP contribution in [0, 0.1) is 5.92 Å². The maximum Gasteiger partial charge on any atom is 0.481 e. The lowest BCUT2D eigenvalue weighted by Crippen LogP contribution is -2.61. The van der Waals surface area contributed by atoms with E-state index < -0.39 is 101 Å². The molecule has 1 aromatic rings. The molecule has 39 heavy (non-hydrogen) atoms. The average Bonchev–Trinajstić information content (AvgIpc) is 3.10. The lowest BCUT2D eigenvalue weighted by atomic mass is 9.80. The minimum Gasteiger partial charge on any atom is -0.396 e. The van der Waals surface area contributed by atoms with E-state index in [2.05, 4.69) is 14.2 Å². The summed E-state index contributed by atoms with van der Waals surface area (Å²) >= 11 is 0. The predicted molar refractivity (Wildman–Crippen MR) is 124 cm³/mol. The van der Waals surface area contributed by atoms with Crippen molar-refractivity contribution in [1.82, 2.24) is 14.9 Å². The van der Waals surface area contributed by atoms with Crippen LogP contribution in [0.25, 0.3) is 0 Å². The first-order valence-electron chi connectivity index (χ1n) is 11.3. The number of aromatic amines is 1. The number of nitrogens with one attached hydrogen (secondary N) is 2. The van der Waals surface area contributed by atoms with Gasteiger partial charge >= 0.3 is 21.3 Å². The fraction of sp³-hybridized carbons (Fsp3) is 0.722. The number of aliphatic hydroxyl groups is 5. The van der Waals surface area contributed by atoms with Crippen LogP contribution in [0.4, 0.5) is 0 Å². The molecule has 0 bridgehead atoms. The van der Waals surface area contributed by atoms with Gasteiger partial charge in [-0.15, -0.1) is 0 Å². The van der Waals surface area contributed by atoms with Gasteiger partial charge in [0.15, 0.2) is 6.23 Å². The first-order chi connectivity index (χ1) is 18.0. The third kappa shape index (κ3) is 7.68. The van der Waals surface area contributed by atoms with Crippen LogP contribution in [-0.4, -0.2) is 107 Å². The number of carbonyl (C=O) groups excluding carboxylic acids is 1. The quantitative estimate of drug-likeness (QED) is 0.115. The van der Waals surface area contributed by atoms with E-state index in [-0.39, 0.29) is 6.42 Å². The first kappa shape index (κ1) is 31.7. The molecule has 3 rings (SSSR count). The highest BCUT2D eigenvalue weighted by atomic mass is 31.3. The van der Waals surface area contributed by atoms with Crippen molar-refractivity contribution in [3.05, 3.63) is 33.1 Å². The largest absolute Gasteiger partial charge is 0.481 e. The molecule has 9 N–H and O–H groups in total. The van der Waals surface area contributed by atoms with Gasteiger partial charge in [-0.2, -0.15) is 4.31 Å². The summed E-state index contributed by atoms with van der Waals surface area (Å²) in [5, 5.41) is 52.4. The van der Waals surface area contributed by atoms with Crippen LogP contribution in [-0.2, 0) is 32.0 Å². The van der Waals surface area contributed by atoms with E-state index in [1.165, 1.54) is 0 Å². The number of aliphatic hydroxyl groups excluding tert-OH is 5. The number of amides is 1. The van der Waals surface area contributed by atoms with E-state index in [4.69, 9.17) is 9.26 Å². The Bertz CT molecular complexity index is 1240. The molecule has 1 aromatic heterocycles. The van der Waals surface area contributed by atoms with Crippen LogP contribution in [0.5, 0.6) is 0 Å². The Hall–Kier alpha value is -1.83. The summed E-state index contributed by atoms with van der Waals surface area (Å²) in [6, 6.07) is -0.534. The van der Waals surface area contributed by atoms with Gasteiger partial charge in [-0.3, -0.25) is 28.2 Å². The zero-order valence-corrected chi connectivity index (χ0v) is 21.9. The van der Waals surface area contributed by atoms with Crippen molar-refractivity contribution >= 4 is 21.6 Å². The number of carbonyl (C=O) groups is 1. The second-order valence-electron chi connectivity index (χ2n) is 8.91. The van der Waals surface area contributed by atoms with Crippen molar-refractivity contribution in [2.45, 2.75) is 62.2 Å². The van der Waals surface area contributed by atoms with Crippen molar-refractivity contribution in [2.75, 3.05) is 13.2 Å². The normalized spacial score (nSPS) is 36.2. The SMILES string of the molecule is CC(=O)N[C@@H]1[C@@H](O)[C@H](O)[C@@H](CO)C[C@@H]1OP(=O)(O)OP(=O)(O)OC[C@H]1O[C@@H](n2ccc(=O)[nH]c2=O)[C@H](O)[C@@H]1O. The summed E-state index contributed by atoms with van der Waals surface area (Å²) in [5.74, 6) is -1.77. The summed E-state index contributed by atoms with van der Waals surface area (Å²) in [6.45, 7) is -0.630. The molecule has 1 aliphatic heterocycles. The number of ether oxygens (including phenoxy) is 1. The molecule has 1 amide bonds. The highest BCUT2D eigenvalue weighted by molar-refractivity contribution is 7.61. The monoisotopic (exact) mass is 605 g/mol. The molecule has 0 spiro atoms. The van der Waals surface area contributed by atoms with Crippen LogP contribution in [0.1, 0.15) is 19.6 Å². The number of H-pyrrole nitrogens is 1. The number of phosphoric ester groups is 2. The molecule has 21 heteroatoms. The van der Waals surface area contributed by atoms with Crippen LogP contribution >= 0.6 is 15.6 Å². The number of nitrogens with zero attached hydrogens (tertiary/aromatic N) is 1. The Morgan fingerprint density at radius 2 is 1.79 bits per heavy atom. The summed E-state index contributed by atoms with van der Waals surface area (Å²) in [6.07, 6.45) is -10.9. The van der Waals surface area contributed by atoms with E-state index in [9.17, 15) is 58.8 Å². The van der Waals surface area contributed by atoms with E-state index in [0.29, 0.717) is 0 Å². The fourth-order valence-electron chi connectivity index (χ4n) is 4.24. The Morgan fingerprint density at radius 3 is 2.38 bits per heavy atom. The minimum absolute atomic E-state index is 0.379. The molecule has 2 heterocycles. The molecular formula is C18H29N3O16P2. The third-order valence-electron chi connectivity index (χ3n) is 6.08. The topological polar surface area (TPSA) is 297 Å². The number of phosphoric acid groups is 2. The Balaban J connectivity index is 1.66. The van der Waals surface area contributed by atoms with Gasteiger partial charge in [0.25, 0.3) is 5.56 Å². The minimum atomic E-state index is -5.50. The number of aromatic nitrogens is 2. The number of hydrogen-bond donors (Lipinski definition) is 9. The summed E-state index contributed by atoms with van der Waals surface area (Å²) in [7, 11) is -11.0. The number of rotatable bonds is 10. The summed E-state index contributed by atoms with van der Waals surface area (Å²) in [5.41, 5.74) is -1.73. The van der Waals surface area contributed by atoms with Gasteiger partial charge in [0.05, 0.1) is 24.9 Å². The molecule has 19 nitrogen and oxygen atoms in total. The van der Waals surface area contributed by atoms with Crippen molar-refractivity contribution in [2.24, 2.45) is 5.92 Å². The standard InChI is InChI=1S/C18H29N3O16P2/c1-7(23)19-12-9(4-8(5-22)13(25)15(12)27)36-39(32,33)37-38(30,31)34-6-10-14(26)16(28)17(35-10)21-3-2-11(24)20-18(21)29/h2-3,8-10,12-17,22,25-28H,4-6H2,1H3,(H,19,23)(H,30,31)(H,32,33)(H,20,24,29)/t8-,9+,10-,12+,13-,14-,15-,16-,17-/m1/s1. The first-order valence-corrected chi connectivity index (χ1v) is 14.3. The molecule has 2 fully saturated rings. The third-order valence-corrected chi connectivity index (χ3v) is 8.74. The second-order valence-corrected chi connectivity index (χ2v) is 11.9. The lowest BCUT2D eigenvalue weighted by molar-refractivity contribution is -0.133. The van der Waals surface area contributed by atoms with Gasteiger partial charge in [0.1, 0.15) is 24.4 Å². The zero-order chi connectivity index (χ0) is 29.3. The average molecular weight is 605 g/mol. The van der Waals surface area contributed by atoms with E-state index in [1.807, 2.05) is 4.98 Å². The fourth-order valence-corrected chi connectivity index (χ4v) is 6.52. The second kappa shape index (κ2) is 12.4. The molecule has 0 aromatic carbocycles. The molecule has 2 unspecified atom stereocenters. The number of hydrogen-bond acceptors (Lipinski definition) is 14. The van der Waals surface area contributed by atoms with Gasteiger partial charge in [0.2, 0.25) is 5.91 Å². The van der Waals surface area contributed by atoms with E-state index >= 15 is 0 Å². The Kier molecular flexibility index (Phi) is 10.0. The van der Waals surface area contributed by atoms with Crippen LogP contribution < -0.4 is 16.6 Å². The molecule has 2 aliphatic rings. The van der Waals surface area contributed by atoms with Crippen molar-refractivity contribution in [1.29, 1.82) is 0 Å². The van der Waals surface area contributed by atoms with Crippen molar-refractivity contribution in [3.63, 3.8) is 0 Å². The van der Waals surface area contributed by atoms with Gasteiger partial charge in [0, 0.05) is 31.7 Å². The van der Waals surface area contributed by atoms with E-state index in [1.54, 1.807) is 0 Å².